The molecule has 0 saturated carbocycles. The lowest BCUT2D eigenvalue weighted by molar-refractivity contribution is 0.173. The number of para-hydroxylation sites is 1. The minimum Gasteiger partial charge on any atom is -0.454 e. The second kappa shape index (κ2) is 5.13. The zero-order chi connectivity index (χ0) is 13.2. The predicted molar refractivity (Wildman–Crippen MR) is 78.8 cm³/mol. The zero-order valence-electron chi connectivity index (χ0n) is 10.6. The molecule has 0 spiro atoms. The first-order chi connectivity index (χ1) is 9.22. The van der Waals surface area contributed by atoms with Crippen LogP contribution in [-0.4, -0.2) is 6.79 Å². The van der Waals surface area contributed by atoms with Crippen molar-refractivity contribution < 1.29 is 9.47 Å². The second-order valence-electron chi connectivity index (χ2n) is 4.52. The number of anilines is 1. The molecular weight excluding hydrogens is 306 g/mol. The summed E-state index contributed by atoms with van der Waals surface area (Å²) in [4.78, 5) is 0. The van der Waals surface area contributed by atoms with Crippen LogP contribution in [0.15, 0.2) is 40.9 Å². The highest BCUT2D eigenvalue weighted by Gasteiger charge is 2.16. The molecule has 0 bridgehead atoms. The van der Waals surface area contributed by atoms with Gasteiger partial charge in [0.25, 0.3) is 0 Å². The molecule has 1 aliphatic heterocycles. The third-order valence-electron chi connectivity index (χ3n) is 3.00. The van der Waals surface area contributed by atoms with Gasteiger partial charge in [-0.25, -0.2) is 0 Å². The molecule has 1 N–H and O–H groups in total. The Hall–Kier alpha value is -1.68. The molecular formula is C15H14BrNO2. The van der Waals surface area contributed by atoms with E-state index in [0.717, 1.165) is 27.2 Å². The van der Waals surface area contributed by atoms with E-state index in [4.69, 9.17) is 9.47 Å². The number of hydrogen-bond acceptors (Lipinski definition) is 3. The molecule has 0 fully saturated rings. The lowest BCUT2D eigenvalue weighted by atomic mass is 10.1. The normalized spacial score (nSPS) is 12.5. The Morgan fingerprint density at radius 2 is 2.11 bits per heavy atom. The summed E-state index contributed by atoms with van der Waals surface area (Å²) in [6.07, 6.45) is 0. The average Bonchev–Trinajstić information content (AvgIpc) is 2.83. The molecule has 1 aliphatic rings. The molecule has 0 aliphatic carbocycles. The maximum atomic E-state index is 5.49. The zero-order valence-corrected chi connectivity index (χ0v) is 12.2. The molecule has 0 radical (unpaired) electrons. The summed E-state index contributed by atoms with van der Waals surface area (Å²) in [6.45, 7) is 3.10. The van der Waals surface area contributed by atoms with Crippen LogP contribution in [0, 0.1) is 6.92 Å². The summed E-state index contributed by atoms with van der Waals surface area (Å²) < 4.78 is 11.9. The van der Waals surface area contributed by atoms with Gasteiger partial charge in [-0.3, -0.25) is 0 Å². The predicted octanol–water partition coefficient (Wildman–Crippen LogP) is 4.10. The molecule has 0 saturated heterocycles. The molecule has 0 amide bonds. The van der Waals surface area contributed by atoms with Crippen LogP contribution in [-0.2, 0) is 6.54 Å². The van der Waals surface area contributed by atoms with E-state index in [9.17, 15) is 0 Å². The minimum absolute atomic E-state index is 0.308. The van der Waals surface area contributed by atoms with E-state index in [0.29, 0.717) is 13.3 Å². The number of benzene rings is 2. The fourth-order valence-electron chi connectivity index (χ4n) is 2.17. The number of hydrogen-bond donors (Lipinski definition) is 1. The third-order valence-corrected chi connectivity index (χ3v) is 3.46. The van der Waals surface area contributed by atoms with Gasteiger partial charge in [-0.1, -0.05) is 28.1 Å². The van der Waals surface area contributed by atoms with Crippen LogP contribution in [0.3, 0.4) is 0 Å². The first-order valence-corrected chi connectivity index (χ1v) is 6.90. The number of aryl methyl sites for hydroxylation is 1. The van der Waals surface area contributed by atoms with Crippen molar-refractivity contribution in [3.05, 3.63) is 52.0 Å². The van der Waals surface area contributed by atoms with E-state index < -0.39 is 0 Å². The van der Waals surface area contributed by atoms with E-state index in [-0.39, 0.29) is 0 Å². The van der Waals surface area contributed by atoms with Crippen molar-refractivity contribution in [3.8, 4) is 11.5 Å². The molecule has 19 heavy (non-hydrogen) atoms. The minimum atomic E-state index is 0.308. The van der Waals surface area contributed by atoms with Crippen LogP contribution >= 0.6 is 15.9 Å². The monoisotopic (exact) mass is 319 g/mol. The van der Waals surface area contributed by atoms with Crippen LogP contribution in [0.4, 0.5) is 5.69 Å². The first-order valence-electron chi connectivity index (χ1n) is 6.11. The van der Waals surface area contributed by atoms with Crippen molar-refractivity contribution in [1.82, 2.24) is 0 Å². The van der Waals surface area contributed by atoms with E-state index in [1.807, 2.05) is 18.2 Å². The Balaban J connectivity index is 1.78. The van der Waals surface area contributed by atoms with Crippen LogP contribution in [0.25, 0.3) is 0 Å². The largest absolute Gasteiger partial charge is 0.454 e. The fraction of sp³-hybridized carbons (Fsp3) is 0.200. The summed E-state index contributed by atoms with van der Waals surface area (Å²) in [5, 5.41) is 3.41. The second-order valence-corrected chi connectivity index (χ2v) is 5.44. The fourth-order valence-corrected chi connectivity index (χ4v) is 2.77. The highest BCUT2D eigenvalue weighted by Crippen LogP contribution is 2.35. The van der Waals surface area contributed by atoms with Gasteiger partial charge in [0.15, 0.2) is 11.5 Å². The molecule has 0 unspecified atom stereocenters. The lowest BCUT2D eigenvalue weighted by Gasteiger charge is -2.10. The number of halogens is 1. The molecule has 0 atom stereocenters. The number of ether oxygens (including phenoxy) is 2. The maximum Gasteiger partial charge on any atom is 0.231 e. The van der Waals surface area contributed by atoms with Gasteiger partial charge in [-0.05, 0) is 36.8 Å². The van der Waals surface area contributed by atoms with E-state index in [2.05, 4.69) is 46.4 Å². The maximum absolute atomic E-state index is 5.49. The van der Waals surface area contributed by atoms with Gasteiger partial charge in [0.2, 0.25) is 6.79 Å². The van der Waals surface area contributed by atoms with Gasteiger partial charge in [-0.2, -0.15) is 0 Å². The highest BCUT2D eigenvalue weighted by atomic mass is 79.9. The van der Waals surface area contributed by atoms with Crippen LogP contribution in [0.1, 0.15) is 11.1 Å². The summed E-state index contributed by atoms with van der Waals surface area (Å²) in [5.41, 5.74) is 3.41. The van der Waals surface area contributed by atoms with Gasteiger partial charge >= 0.3 is 0 Å². The first kappa shape index (κ1) is 12.4. The molecule has 98 valence electrons. The molecule has 2 aromatic carbocycles. The molecule has 3 nitrogen and oxygen atoms in total. The van der Waals surface area contributed by atoms with Crippen LogP contribution in [0.5, 0.6) is 11.5 Å². The van der Waals surface area contributed by atoms with E-state index in [1.165, 1.54) is 5.56 Å². The Bertz CT molecular complexity index is 593. The summed E-state index contributed by atoms with van der Waals surface area (Å²) in [5.74, 6) is 1.67. The van der Waals surface area contributed by atoms with Gasteiger partial charge in [0, 0.05) is 22.3 Å². The molecule has 0 aromatic heterocycles. The molecule has 3 rings (SSSR count). The topological polar surface area (TPSA) is 30.5 Å². The van der Waals surface area contributed by atoms with E-state index in [1.54, 1.807) is 0 Å². The standard InChI is InChI=1S/C15H14BrNO2/c1-10-5-12(16)7-13(6-10)17-8-11-3-2-4-14-15(11)19-9-18-14/h2-7,17H,8-9H2,1H3. The summed E-state index contributed by atoms with van der Waals surface area (Å²) in [6, 6.07) is 12.2. The Kier molecular flexibility index (Phi) is 3.34. The number of fused-ring (bicyclic) bond motifs is 1. The van der Waals surface area contributed by atoms with Crippen LogP contribution in [0.2, 0.25) is 0 Å². The van der Waals surface area contributed by atoms with Gasteiger partial charge in [-0.15, -0.1) is 0 Å². The highest BCUT2D eigenvalue weighted by molar-refractivity contribution is 9.10. The van der Waals surface area contributed by atoms with Crippen molar-refractivity contribution in [1.29, 1.82) is 0 Å². The Morgan fingerprint density at radius 3 is 2.95 bits per heavy atom. The number of rotatable bonds is 3. The van der Waals surface area contributed by atoms with Crippen molar-refractivity contribution in [2.45, 2.75) is 13.5 Å². The quantitative estimate of drug-likeness (QED) is 0.924. The lowest BCUT2D eigenvalue weighted by Crippen LogP contribution is -2.01. The van der Waals surface area contributed by atoms with E-state index >= 15 is 0 Å². The van der Waals surface area contributed by atoms with Crippen molar-refractivity contribution >= 4 is 21.6 Å². The van der Waals surface area contributed by atoms with Crippen molar-refractivity contribution in [3.63, 3.8) is 0 Å². The summed E-state index contributed by atoms with van der Waals surface area (Å²) in [7, 11) is 0. The molecule has 4 heteroatoms. The smallest absolute Gasteiger partial charge is 0.231 e. The van der Waals surface area contributed by atoms with Gasteiger partial charge < -0.3 is 14.8 Å². The van der Waals surface area contributed by atoms with Crippen molar-refractivity contribution in [2.75, 3.05) is 12.1 Å². The molecule has 2 aromatic rings. The Labute approximate surface area is 120 Å². The number of nitrogens with one attached hydrogen (secondary N) is 1. The van der Waals surface area contributed by atoms with Gasteiger partial charge in [0.1, 0.15) is 0 Å². The van der Waals surface area contributed by atoms with Crippen molar-refractivity contribution in [2.24, 2.45) is 0 Å². The SMILES string of the molecule is Cc1cc(Br)cc(NCc2cccc3c2OCO3)c1. The third kappa shape index (κ3) is 2.68. The molecule has 1 heterocycles. The summed E-state index contributed by atoms with van der Waals surface area (Å²) >= 11 is 3.50. The van der Waals surface area contributed by atoms with Crippen LogP contribution < -0.4 is 14.8 Å². The average molecular weight is 320 g/mol. The Morgan fingerprint density at radius 1 is 1.21 bits per heavy atom. The van der Waals surface area contributed by atoms with Gasteiger partial charge in [0.05, 0.1) is 0 Å².